The molecule has 5 heteroatoms. The van der Waals surface area contributed by atoms with E-state index in [1.807, 2.05) is 24.3 Å². The highest BCUT2D eigenvalue weighted by molar-refractivity contribution is 5.75. The minimum Gasteiger partial charge on any atom is -0.484 e. The van der Waals surface area contributed by atoms with Crippen LogP contribution < -0.4 is 16.2 Å². The zero-order valence-corrected chi connectivity index (χ0v) is 12.6. The Morgan fingerprint density at radius 2 is 2.10 bits per heavy atom. The number of rotatable bonds is 6. The minimum atomic E-state index is -0.466. The van der Waals surface area contributed by atoms with Gasteiger partial charge in [-0.05, 0) is 43.0 Å². The van der Waals surface area contributed by atoms with Crippen LogP contribution >= 0.6 is 0 Å². The molecule has 1 aromatic carbocycles. The van der Waals surface area contributed by atoms with Gasteiger partial charge in [0.2, 0.25) is 0 Å². The third kappa shape index (κ3) is 4.44. The van der Waals surface area contributed by atoms with E-state index in [0.29, 0.717) is 24.3 Å². The zero-order chi connectivity index (χ0) is 15.2. The van der Waals surface area contributed by atoms with Crippen LogP contribution in [-0.2, 0) is 11.3 Å². The molecule has 5 nitrogen and oxygen atoms in total. The van der Waals surface area contributed by atoms with Crippen LogP contribution in [0.4, 0.5) is 0 Å². The molecule has 0 aromatic heterocycles. The second-order valence-electron chi connectivity index (χ2n) is 5.79. The van der Waals surface area contributed by atoms with E-state index in [-0.39, 0.29) is 6.61 Å². The Kier molecular flexibility index (Phi) is 5.59. The van der Waals surface area contributed by atoms with Gasteiger partial charge < -0.3 is 16.2 Å². The number of piperidine rings is 1. The molecule has 21 heavy (non-hydrogen) atoms. The number of amides is 1. The molecule has 1 heterocycles. The van der Waals surface area contributed by atoms with Crippen LogP contribution in [0.2, 0.25) is 0 Å². The summed E-state index contributed by atoms with van der Waals surface area (Å²) < 4.78 is 5.26. The molecule has 0 spiro atoms. The average Bonchev–Trinajstić information content (AvgIpc) is 2.47. The van der Waals surface area contributed by atoms with Crippen molar-refractivity contribution >= 4 is 5.91 Å². The van der Waals surface area contributed by atoms with Gasteiger partial charge in [-0.1, -0.05) is 19.1 Å². The Hall–Kier alpha value is -1.59. The number of nitrogens with zero attached hydrogens (tertiary/aromatic N) is 1. The summed E-state index contributed by atoms with van der Waals surface area (Å²) in [7, 11) is 0. The highest BCUT2D eigenvalue weighted by atomic mass is 16.5. The molecule has 1 aromatic rings. The maximum absolute atomic E-state index is 10.7. The van der Waals surface area contributed by atoms with Crippen molar-refractivity contribution in [1.82, 2.24) is 4.90 Å². The van der Waals surface area contributed by atoms with Gasteiger partial charge in [0.25, 0.3) is 5.91 Å². The molecule has 4 N–H and O–H groups in total. The van der Waals surface area contributed by atoms with Crippen molar-refractivity contribution in [3.05, 3.63) is 29.8 Å². The van der Waals surface area contributed by atoms with Crippen LogP contribution in [0.3, 0.4) is 0 Å². The molecule has 1 amide bonds. The Labute approximate surface area is 126 Å². The van der Waals surface area contributed by atoms with Crippen LogP contribution in [-0.4, -0.2) is 36.5 Å². The second kappa shape index (κ2) is 7.43. The van der Waals surface area contributed by atoms with Crippen LogP contribution in [0.5, 0.6) is 5.75 Å². The Morgan fingerprint density at radius 3 is 2.71 bits per heavy atom. The van der Waals surface area contributed by atoms with Gasteiger partial charge in [0.1, 0.15) is 5.75 Å². The van der Waals surface area contributed by atoms with E-state index in [0.717, 1.165) is 13.1 Å². The molecule has 0 radical (unpaired) electrons. The van der Waals surface area contributed by atoms with Crippen molar-refractivity contribution in [2.75, 3.05) is 19.7 Å². The molecule has 0 saturated carbocycles. The number of nitrogens with two attached hydrogens (primary N) is 2. The molecule has 0 aliphatic carbocycles. The maximum atomic E-state index is 10.7. The van der Waals surface area contributed by atoms with Crippen molar-refractivity contribution in [2.24, 2.45) is 17.4 Å². The summed E-state index contributed by atoms with van der Waals surface area (Å²) in [6.07, 6.45) is 2.50. The number of benzene rings is 1. The lowest BCUT2D eigenvalue weighted by Gasteiger charge is -2.39. The van der Waals surface area contributed by atoms with Gasteiger partial charge in [0, 0.05) is 19.1 Å². The molecular formula is C16H25N3O2. The quantitative estimate of drug-likeness (QED) is 0.822. The number of ether oxygens (including phenoxy) is 1. The summed E-state index contributed by atoms with van der Waals surface area (Å²) >= 11 is 0. The first-order valence-corrected chi connectivity index (χ1v) is 7.54. The number of carbonyl (C=O) groups is 1. The molecule has 1 fully saturated rings. The largest absolute Gasteiger partial charge is 0.484 e. The Balaban J connectivity index is 1.94. The van der Waals surface area contributed by atoms with Crippen LogP contribution in [0, 0.1) is 5.92 Å². The van der Waals surface area contributed by atoms with Crippen LogP contribution in [0.15, 0.2) is 24.3 Å². The second-order valence-corrected chi connectivity index (χ2v) is 5.79. The highest BCUT2D eigenvalue weighted by Crippen LogP contribution is 2.24. The standard InChI is InChI=1S/C16H25N3O2/c1-12-3-2-8-19(15(12)9-17)10-13-4-6-14(7-5-13)21-11-16(18)20/h4-7,12,15H,2-3,8-11,17H2,1H3,(H2,18,20). The van der Waals surface area contributed by atoms with Crippen molar-refractivity contribution in [3.8, 4) is 5.75 Å². The number of primary amides is 1. The van der Waals surface area contributed by atoms with Crippen molar-refractivity contribution in [1.29, 1.82) is 0 Å². The van der Waals surface area contributed by atoms with Gasteiger partial charge in [-0.25, -0.2) is 0 Å². The van der Waals surface area contributed by atoms with Crippen molar-refractivity contribution in [2.45, 2.75) is 32.4 Å². The van der Waals surface area contributed by atoms with E-state index in [2.05, 4.69) is 11.8 Å². The summed E-state index contributed by atoms with van der Waals surface area (Å²) in [6.45, 7) is 4.91. The first-order chi connectivity index (χ1) is 10.1. The normalized spacial score (nSPS) is 23.0. The highest BCUT2D eigenvalue weighted by Gasteiger charge is 2.27. The summed E-state index contributed by atoms with van der Waals surface area (Å²) in [5, 5.41) is 0. The van der Waals surface area contributed by atoms with E-state index in [4.69, 9.17) is 16.2 Å². The van der Waals surface area contributed by atoms with Crippen LogP contribution in [0.1, 0.15) is 25.3 Å². The van der Waals surface area contributed by atoms with Gasteiger partial charge in [-0.2, -0.15) is 0 Å². The molecule has 1 aliphatic rings. The summed E-state index contributed by atoms with van der Waals surface area (Å²) in [6, 6.07) is 8.28. The third-order valence-electron chi connectivity index (χ3n) is 4.16. The Morgan fingerprint density at radius 1 is 1.38 bits per heavy atom. The molecule has 1 saturated heterocycles. The number of likely N-dealkylation sites (tertiary alicyclic amines) is 1. The van der Waals surface area contributed by atoms with Gasteiger partial charge in [0.05, 0.1) is 0 Å². The van der Waals surface area contributed by atoms with E-state index in [1.165, 1.54) is 18.4 Å². The first-order valence-electron chi connectivity index (χ1n) is 7.54. The Bertz CT molecular complexity index is 461. The fraction of sp³-hybridized carbons (Fsp3) is 0.562. The maximum Gasteiger partial charge on any atom is 0.255 e. The van der Waals surface area contributed by atoms with Gasteiger partial charge in [-0.15, -0.1) is 0 Å². The van der Waals surface area contributed by atoms with E-state index in [9.17, 15) is 4.79 Å². The lowest BCUT2D eigenvalue weighted by molar-refractivity contribution is -0.119. The molecule has 116 valence electrons. The molecule has 1 aliphatic heterocycles. The average molecular weight is 291 g/mol. The predicted octanol–water partition coefficient (Wildman–Crippen LogP) is 1.11. The molecule has 0 bridgehead atoms. The molecule has 2 atom stereocenters. The van der Waals surface area contributed by atoms with E-state index >= 15 is 0 Å². The molecular weight excluding hydrogens is 266 g/mol. The van der Waals surface area contributed by atoms with Gasteiger partial charge in [0.15, 0.2) is 6.61 Å². The first kappa shape index (κ1) is 15.8. The van der Waals surface area contributed by atoms with E-state index in [1.54, 1.807) is 0 Å². The number of hydrogen-bond acceptors (Lipinski definition) is 4. The molecule has 2 unspecified atom stereocenters. The minimum absolute atomic E-state index is 0.0851. The zero-order valence-electron chi connectivity index (χ0n) is 12.6. The SMILES string of the molecule is CC1CCCN(Cc2ccc(OCC(N)=O)cc2)C1CN. The third-order valence-corrected chi connectivity index (χ3v) is 4.16. The lowest BCUT2D eigenvalue weighted by atomic mass is 9.90. The van der Waals surface area contributed by atoms with Crippen LogP contribution in [0.25, 0.3) is 0 Å². The monoisotopic (exact) mass is 291 g/mol. The summed E-state index contributed by atoms with van der Waals surface area (Å²) in [5.74, 6) is 0.856. The summed E-state index contributed by atoms with van der Waals surface area (Å²) in [5.41, 5.74) is 12.2. The lowest BCUT2D eigenvalue weighted by Crippen LogP contribution is -2.47. The topological polar surface area (TPSA) is 81.6 Å². The van der Waals surface area contributed by atoms with Crippen molar-refractivity contribution < 1.29 is 9.53 Å². The van der Waals surface area contributed by atoms with E-state index < -0.39 is 5.91 Å². The molecule has 2 rings (SSSR count). The van der Waals surface area contributed by atoms with Gasteiger partial charge in [-0.3, -0.25) is 9.69 Å². The fourth-order valence-corrected chi connectivity index (χ4v) is 2.99. The smallest absolute Gasteiger partial charge is 0.255 e. The predicted molar refractivity (Wildman–Crippen MR) is 82.8 cm³/mol. The fourth-order valence-electron chi connectivity index (χ4n) is 2.99. The summed E-state index contributed by atoms with van der Waals surface area (Å²) in [4.78, 5) is 13.1. The van der Waals surface area contributed by atoms with Crippen molar-refractivity contribution in [3.63, 3.8) is 0 Å². The van der Waals surface area contributed by atoms with Gasteiger partial charge >= 0.3 is 0 Å². The number of carbonyl (C=O) groups excluding carboxylic acids is 1. The number of hydrogen-bond donors (Lipinski definition) is 2.